The van der Waals surface area contributed by atoms with E-state index in [0.717, 1.165) is 11.1 Å². The van der Waals surface area contributed by atoms with Gasteiger partial charge >= 0.3 is 5.97 Å². The maximum Gasteiger partial charge on any atom is 0.326 e. The van der Waals surface area contributed by atoms with Crippen molar-refractivity contribution in [1.82, 2.24) is 5.32 Å². The molecule has 2 aromatic rings. The number of ether oxygens (including phenoxy) is 2. The van der Waals surface area contributed by atoms with E-state index in [2.05, 4.69) is 11.4 Å². The van der Waals surface area contributed by atoms with Gasteiger partial charge in [0.15, 0.2) is 0 Å². The van der Waals surface area contributed by atoms with Gasteiger partial charge in [-0.05, 0) is 30.2 Å². The molecule has 5 heteroatoms. The van der Waals surface area contributed by atoms with Crippen molar-refractivity contribution in [2.24, 2.45) is 0 Å². The maximum absolute atomic E-state index is 12.3. The number of nitrogens with one attached hydrogen (secondary N) is 1. The number of carbonyl (C=O) groups is 1. The van der Waals surface area contributed by atoms with Crippen molar-refractivity contribution in [2.75, 3.05) is 6.61 Å². The van der Waals surface area contributed by atoms with Crippen LogP contribution >= 0.6 is 0 Å². The maximum atomic E-state index is 12.3. The van der Waals surface area contributed by atoms with E-state index < -0.39 is 18.4 Å². The number of hydrogen-bond donors (Lipinski definition) is 1. The van der Waals surface area contributed by atoms with Crippen molar-refractivity contribution < 1.29 is 14.3 Å². The summed E-state index contributed by atoms with van der Waals surface area (Å²) in [5.74, 6) is -0.331. The van der Waals surface area contributed by atoms with Crippen LogP contribution in [0, 0.1) is 11.3 Å². The molecule has 1 aliphatic heterocycles. The van der Waals surface area contributed by atoms with E-state index in [4.69, 9.17) is 14.7 Å². The minimum Gasteiger partial charge on any atom is -0.465 e. The van der Waals surface area contributed by atoms with Gasteiger partial charge in [-0.3, -0.25) is 10.1 Å². The number of rotatable bonds is 4. The molecule has 0 aromatic heterocycles. The average molecular weight is 322 g/mol. The molecule has 0 spiro atoms. The second-order valence-corrected chi connectivity index (χ2v) is 5.48. The van der Waals surface area contributed by atoms with Crippen LogP contribution in [0.1, 0.15) is 35.9 Å². The Kier molecular flexibility index (Phi) is 4.90. The predicted octanol–water partition coefficient (Wildman–Crippen LogP) is 2.85. The first-order valence-electron chi connectivity index (χ1n) is 7.86. The highest BCUT2D eigenvalue weighted by molar-refractivity contribution is 5.77. The van der Waals surface area contributed by atoms with Crippen molar-refractivity contribution in [3.05, 3.63) is 71.3 Å². The third-order valence-electron chi connectivity index (χ3n) is 3.93. The fourth-order valence-corrected chi connectivity index (χ4v) is 2.76. The fourth-order valence-electron chi connectivity index (χ4n) is 2.76. The van der Waals surface area contributed by atoms with Crippen molar-refractivity contribution in [2.45, 2.75) is 25.3 Å². The molecule has 3 atom stereocenters. The lowest BCUT2D eigenvalue weighted by atomic mass is 10.0. The zero-order chi connectivity index (χ0) is 16.9. The van der Waals surface area contributed by atoms with Crippen molar-refractivity contribution in [1.29, 1.82) is 5.26 Å². The van der Waals surface area contributed by atoms with Crippen molar-refractivity contribution in [3.63, 3.8) is 0 Å². The van der Waals surface area contributed by atoms with Gasteiger partial charge in [0.2, 0.25) is 0 Å². The van der Waals surface area contributed by atoms with E-state index in [1.54, 1.807) is 19.1 Å². The molecule has 2 aromatic carbocycles. The van der Waals surface area contributed by atoms with Gasteiger partial charge in [0.1, 0.15) is 18.4 Å². The average Bonchev–Trinajstić information content (AvgIpc) is 3.08. The molecule has 24 heavy (non-hydrogen) atoms. The van der Waals surface area contributed by atoms with Gasteiger partial charge in [-0.1, -0.05) is 42.5 Å². The number of benzene rings is 2. The third kappa shape index (κ3) is 3.30. The molecular formula is C19H18N2O3. The minimum atomic E-state index is -0.576. The number of carbonyl (C=O) groups excluding carboxylic acids is 1. The first-order chi connectivity index (χ1) is 11.7. The van der Waals surface area contributed by atoms with Gasteiger partial charge in [0.25, 0.3) is 0 Å². The zero-order valence-electron chi connectivity index (χ0n) is 13.3. The molecular weight excluding hydrogens is 304 g/mol. The Morgan fingerprint density at radius 3 is 2.50 bits per heavy atom. The highest BCUT2D eigenvalue weighted by Gasteiger charge is 2.41. The number of nitrogens with zero attached hydrogens (tertiary/aromatic N) is 1. The van der Waals surface area contributed by atoms with Crippen LogP contribution in [-0.2, 0) is 14.3 Å². The van der Waals surface area contributed by atoms with E-state index in [1.165, 1.54) is 0 Å². The van der Waals surface area contributed by atoms with Gasteiger partial charge in [-0.25, -0.2) is 0 Å². The van der Waals surface area contributed by atoms with Crippen LogP contribution in [0.25, 0.3) is 0 Å². The number of hydrogen-bond acceptors (Lipinski definition) is 5. The summed E-state index contributed by atoms with van der Waals surface area (Å²) in [6, 6.07) is 18.2. The summed E-state index contributed by atoms with van der Waals surface area (Å²) in [4.78, 5) is 12.3. The van der Waals surface area contributed by atoms with E-state index in [1.807, 2.05) is 42.5 Å². The second kappa shape index (κ2) is 7.26. The standard InChI is InChI=1S/C19H18N2O3/c1-2-23-19(22)16-17(14-6-4-3-5-7-14)24-18(21-16)15-10-8-13(12-20)9-11-15/h3-11,16-18,21H,2H2,1H3/t16-,17+,18?/m0/s1. The van der Waals surface area contributed by atoms with Crippen LogP contribution < -0.4 is 5.32 Å². The van der Waals surface area contributed by atoms with Gasteiger partial charge in [-0.15, -0.1) is 0 Å². The molecule has 0 radical (unpaired) electrons. The molecule has 0 aliphatic carbocycles. The summed E-state index contributed by atoms with van der Waals surface area (Å²) in [6.45, 7) is 2.10. The molecule has 3 rings (SSSR count). The summed E-state index contributed by atoms with van der Waals surface area (Å²) >= 11 is 0. The molecule has 5 nitrogen and oxygen atoms in total. The minimum absolute atomic E-state index is 0.320. The Labute approximate surface area is 140 Å². The summed E-state index contributed by atoms with van der Waals surface area (Å²) in [7, 11) is 0. The molecule has 0 amide bonds. The van der Waals surface area contributed by atoms with E-state index in [-0.39, 0.29) is 5.97 Å². The topological polar surface area (TPSA) is 71.3 Å². The summed E-state index contributed by atoms with van der Waals surface area (Å²) < 4.78 is 11.3. The third-order valence-corrected chi connectivity index (χ3v) is 3.93. The molecule has 1 aliphatic rings. The van der Waals surface area contributed by atoms with Crippen LogP contribution in [0.15, 0.2) is 54.6 Å². The van der Waals surface area contributed by atoms with Gasteiger partial charge in [0.05, 0.1) is 18.2 Å². The predicted molar refractivity (Wildman–Crippen MR) is 87.7 cm³/mol. The smallest absolute Gasteiger partial charge is 0.326 e. The molecule has 122 valence electrons. The number of nitriles is 1. The summed E-state index contributed by atoms with van der Waals surface area (Å²) in [5.41, 5.74) is 2.36. The van der Waals surface area contributed by atoms with Crippen LogP contribution in [-0.4, -0.2) is 18.6 Å². The lowest BCUT2D eigenvalue weighted by Gasteiger charge is -2.16. The largest absolute Gasteiger partial charge is 0.465 e. The molecule has 1 N–H and O–H groups in total. The Morgan fingerprint density at radius 1 is 1.17 bits per heavy atom. The van der Waals surface area contributed by atoms with Gasteiger partial charge in [0, 0.05) is 0 Å². The Balaban J connectivity index is 1.86. The first-order valence-corrected chi connectivity index (χ1v) is 7.86. The van der Waals surface area contributed by atoms with Crippen LogP contribution in [0.5, 0.6) is 0 Å². The van der Waals surface area contributed by atoms with E-state index in [9.17, 15) is 4.79 Å². The van der Waals surface area contributed by atoms with Crippen molar-refractivity contribution >= 4 is 5.97 Å². The monoisotopic (exact) mass is 322 g/mol. The van der Waals surface area contributed by atoms with Crippen LogP contribution in [0.4, 0.5) is 0 Å². The van der Waals surface area contributed by atoms with Crippen LogP contribution in [0.3, 0.4) is 0 Å². The highest BCUT2D eigenvalue weighted by atomic mass is 16.6. The van der Waals surface area contributed by atoms with E-state index >= 15 is 0 Å². The molecule has 0 saturated carbocycles. The zero-order valence-corrected chi connectivity index (χ0v) is 13.3. The lowest BCUT2D eigenvalue weighted by Crippen LogP contribution is -2.37. The lowest BCUT2D eigenvalue weighted by molar-refractivity contribution is -0.146. The molecule has 1 saturated heterocycles. The second-order valence-electron chi connectivity index (χ2n) is 5.48. The molecule has 1 heterocycles. The summed E-state index contributed by atoms with van der Waals surface area (Å²) in [5, 5.41) is 12.1. The Morgan fingerprint density at radius 2 is 1.88 bits per heavy atom. The number of esters is 1. The van der Waals surface area contributed by atoms with Gasteiger partial charge in [-0.2, -0.15) is 5.26 Å². The summed E-state index contributed by atoms with van der Waals surface area (Å²) in [6.07, 6.45) is -0.858. The SMILES string of the molecule is CCOC(=O)[C@H]1NC(c2ccc(C#N)cc2)O[C@@H]1c1ccccc1. The van der Waals surface area contributed by atoms with Gasteiger partial charge < -0.3 is 9.47 Å². The van der Waals surface area contributed by atoms with E-state index in [0.29, 0.717) is 12.2 Å². The first kappa shape index (κ1) is 16.2. The van der Waals surface area contributed by atoms with Crippen LogP contribution in [0.2, 0.25) is 0 Å². The fraction of sp³-hybridized carbons (Fsp3) is 0.263. The quantitative estimate of drug-likeness (QED) is 0.876. The molecule has 1 unspecified atom stereocenters. The molecule has 1 fully saturated rings. The highest BCUT2D eigenvalue weighted by Crippen LogP contribution is 2.35. The molecule has 0 bridgehead atoms. The Hall–Kier alpha value is -2.68. The van der Waals surface area contributed by atoms with Crippen molar-refractivity contribution in [3.8, 4) is 6.07 Å². The normalized spacial score (nSPS) is 22.8. The Bertz CT molecular complexity index is 737.